The quantitative estimate of drug-likeness (QED) is 0.623. The molecule has 1 aromatic carbocycles. The maximum Gasteiger partial charge on any atom is 0.292 e. The van der Waals surface area contributed by atoms with E-state index in [0.717, 1.165) is 25.7 Å². The zero-order valence-electron chi connectivity index (χ0n) is 9.50. The number of aliphatic hydroxyl groups excluding tert-OH is 1. The third-order valence-electron chi connectivity index (χ3n) is 3.16. The van der Waals surface area contributed by atoms with Crippen LogP contribution in [0.2, 0.25) is 0 Å². The van der Waals surface area contributed by atoms with Crippen LogP contribution in [0.15, 0.2) is 24.3 Å². The van der Waals surface area contributed by atoms with Crippen molar-refractivity contribution in [3.05, 3.63) is 34.4 Å². The summed E-state index contributed by atoms with van der Waals surface area (Å²) in [6.07, 6.45) is 3.02. The summed E-state index contributed by atoms with van der Waals surface area (Å²) in [5.74, 6) is 0. The predicted octanol–water partition coefficient (Wildman–Crippen LogP) is 2.31. The highest BCUT2D eigenvalue weighted by atomic mass is 16.6. The molecule has 0 bridgehead atoms. The summed E-state index contributed by atoms with van der Waals surface area (Å²) < 4.78 is 0. The van der Waals surface area contributed by atoms with Crippen molar-refractivity contribution in [1.82, 2.24) is 0 Å². The maximum absolute atomic E-state index is 10.8. The van der Waals surface area contributed by atoms with Crippen LogP contribution < -0.4 is 5.32 Å². The predicted molar refractivity (Wildman–Crippen MR) is 65.0 cm³/mol. The number of benzene rings is 1. The van der Waals surface area contributed by atoms with E-state index in [4.69, 9.17) is 0 Å². The van der Waals surface area contributed by atoms with Gasteiger partial charge in [0.05, 0.1) is 11.0 Å². The Bertz CT molecular complexity index is 400. The fourth-order valence-electron chi connectivity index (χ4n) is 2.19. The topological polar surface area (TPSA) is 75.4 Å². The number of nitrogens with zero attached hydrogens (tertiary/aromatic N) is 1. The highest BCUT2D eigenvalue weighted by molar-refractivity contribution is 5.61. The van der Waals surface area contributed by atoms with Crippen LogP contribution in [0.4, 0.5) is 11.4 Å². The molecule has 2 N–H and O–H groups in total. The summed E-state index contributed by atoms with van der Waals surface area (Å²) in [5.41, 5.74) is 0.678. The molecule has 1 aliphatic rings. The fraction of sp³-hybridized carbons (Fsp3) is 0.500. The minimum atomic E-state index is -0.375. The number of aliphatic hydroxyl groups is 1. The van der Waals surface area contributed by atoms with Crippen LogP contribution in [0.25, 0.3) is 0 Å². The molecule has 2 rings (SSSR count). The lowest BCUT2D eigenvalue weighted by Gasteiger charge is -2.26. The Kier molecular flexibility index (Phi) is 3.58. The number of nitro groups is 1. The van der Waals surface area contributed by atoms with Gasteiger partial charge in [0.2, 0.25) is 0 Å². The Labute approximate surface area is 99.6 Å². The van der Waals surface area contributed by atoms with Crippen molar-refractivity contribution in [2.75, 3.05) is 5.32 Å². The molecule has 5 nitrogen and oxygen atoms in total. The zero-order valence-corrected chi connectivity index (χ0v) is 9.50. The van der Waals surface area contributed by atoms with Crippen LogP contribution in [0.5, 0.6) is 0 Å². The van der Waals surface area contributed by atoms with Gasteiger partial charge >= 0.3 is 0 Å². The molecule has 5 heteroatoms. The molecule has 0 saturated heterocycles. The first-order valence-corrected chi connectivity index (χ1v) is 5.85. The first kappa shape index (κ1) is 11.9. The van der Waals surface area contributed by atoms with E-state index in [1.54, 1.807) is 18.2 Å². The number of hydrogen-bond acceptors (Lipinski definition) is 4. The van der Waals surface area contributed by atoms with Crippen molar-refractivity contribution in [3.63, 3.8) is 0 Å². The summed E-state index contributed by atoms with van der Waals surface area (Å²) >= 11 is 0. The van der Waals surface area contributed by atoms with E-state index < -0.39 is 0 Å². The maximum atomic E-state index is 10.8. The number of nitro benzene ring substituents is 1. The lowest BCUT2D eigenvalue weighted by molar-refractivity contribution is -0.384. The van der Waals surface area contributed by atoms with Crippen molar-refractivity contribution in [2.24, 2.45) is 0 Å². The molecule has 1 aromatic rings. The van der Waals surface area contributed by atoms with Crippen LogP contribution in [-0.2, 0) is 0 Å². The molecule has 0 amide bonds. The lowest BCUT2D eigenvalue weighted by atomic mass is 9.93. The average molecular weight is 236 g/mol. The van der Waals surface area contributed by atoms with Crippen LogP contribution in [0.1, 0.15) is 25.7 Å². The van der Waals surface area contributed by atoms with E-state index in [9.17, 15) is 15.2 Å². The number of nitrogens with one attached hydrogen (secondary N) is 1. The van der Waals surface area contributed by atoms with Gasteiger partial charge in [-0.2, -0.15) is 0 Å². The minimum absolute atomic E-state index is 0.110. The summed E-state index contributed by atoms with van der Waals surface area (Å²) in [7, 11) is 0. The van der Waals surface area contributed by atoms with Gasteiger partial charge in [0.1, 0.15) is 5.69 Å². The molecule has 92 valence electrons. The van der Waals surface area contributed by atoms with E-state index in [2.05, 4.69) is 5.32 Å². The molecular formula is C12H16N2O3. The van der Waals surface area contributed by atoms with Crippen LogP contribution in [0, 0.1) is 10.1 Å². The van der Waals surface area contributed by atoms with Crippen molar-refractivity contribution in [1.29, 1.82) is 0 Å². The van der Waals surface area contributed by atoms with Crippen LogP contribution in [-0.4, -0.2) is 22.2 Å². The number of para-hydroxylation sites is 2. The van der Waals surface area contributed by atoms with Crippen molar-refractivity contribution in [3.8, 4) is 0 Å². The molecule has 0 aromatic heterocycles. The number of hydrogen-bond donors (Lipinski definition) is 2. The molecule has 1 fully saturated rings. The molecular weight excluding hydrogens is 220 g/mol. The molecule has 0 radical (unpaired) electrons. The average Bonchev–Trinajstić information content (AvgIpc) is 2.32. The monoisotopic (exact) mass is 236 g/mol. The van der Waals surface area contributed by atoms with Crippen LogP contribution in [0.3, 0.4) is 0 Å². The van der Waals surface area contributed by atoms with Gasteiger partial charge in [-0.25, -0.2) is 0 Å². The summed E-state index contributed by atoms with van der Waals surface area (Å²) in [5, 5.41) is 23.4. The first-order valence-electron chi connectivity index (χ1n) is 5.85. The van der Waals surface area contributed by atoms with Crippen molar-refractivity contribution < 1.29 is 10.0 Å². The SMILES string of the molecule is O=[N+]([O-])c1ccccc1N[C@H]1CC[C@H](O)CC1. The molecule has 0 heterocycles. The molecule has 1 saturated carbocycles. The number of anilines is 1. The second kappa shape index (κ2) is 5.14. The van der Waals surface area contributed by atoms with E-state index >= 15 is 0 Å². The Morgan fingerprint density at radius 2 is 1.88 bits per heavy atom. The van der Waals surface area contributed by atoms with E-state index in [1.807, 2.05) is 0 Å². The van der Waals surface area contributed by atoms with Crippen LogP contribution >= 0.6 is 0 Å². The highest BCUT2D eigenvalue weighted by Crippen LogP contribution is 2.27. The Hall–Kier alpha value is -1.62. The zero-order chi connectivity index (χ0) is 12.3. The molecule has 0 aliphatic heterocycles. The molecule has 0 unspecified atom stereocenters. The third kappa shape index (κ3) is 2.94. The Balaban J connectivity index is 2.05. The van der Waals surface area contributed by atoms with Gasteiger partial charge in [0, 0.05) is 12.1 Å². The molecule has 0 spiro atoms. The van der Waals surface area contributed by atoms with Gasteiger partial charge in [0.25, 0.3) is 5.69 Å². The van der Waals surface area contributed by atoms with E-state index in [-0.39, 0.29) is 22.8 Å². The standard InChI is InChI=1S/C12H16N2O3/c15-10-7-5-9(6-8-10)13-11-3-1-2-4-12(11)14(16)17/h1-4,9-10,13,15H,5-8H2/t9-,10-. The summed E-state index contributed by atoms with van der Waals surface area (Å²) in [4.78, 5) is 10.5. The van der Waals surface area contributed by atoms with Gasteiger partial charge in [-0.3, -0.25) is 10.1 Å². The minimum Gasteiger partial charge on any atom is -0.393 e. The summed E-state index contributed by atoms with van der Waals surface area (Å²) in [6.45, 7) is 0. The summed E-state index contributed by atoms with van der Waals surface area (Å²) in [6, 6.07) is 6.89. The van der Waals surface area contributed by atoms with E-state index in [1.165, 1.54) is 6.07 Å². The number of rotatable bonds is 3. The van der Waals surface area contributed by atoms with E-state index in [0.29, 0.717) is 5.69 Å². The second-order valence-corrected chi connectivity index (χ2v) is 4.42. The molecule has 1 aliphatic carbocycles. The Morgan fingerprint density at radius 1 is 1.24 bits per heavy atom. The van der Waals surface area contributed by atoms with Gasteiger partial charge in [-0.05, 0) is 31.7 Å². The Morgan fingerprint density at radius 3 is 2.53 bits per heavy atom. The van der Waals surface area contributed by atoms with Gasteiger partial charge in [-0.15, -0.1) is 0 Å². The third-order valence-corrected chi connectivity index (χ3v) is 3.16. The van der Waals surface area contributed by atoms with Gasteiger partial charge in [0.15, 0.2) is 0 Å². The van der Waals surface area contributed by atoms with Crippen molar-refractivity contribution >= 4 is 11.4 Å². The first-order chi connectivity index (χ1) is 8.16. The smallest absolute Gasteiger partial charge is 0.292 e. The normalized spacial score (nSPS) is 24.3. The molecule has 0 atom stereocenters. The van der Waals surface area contributed by atoms with Crippen molar-refractivity contribution in [2.45, 2.75) is 37.8 Å². The molecule has 17 heavy (non-hydrogen) atoms. The van der Waals surface area contributed by atoms with Gasteiger partial charge < -0.3 is 10.4 Å². The highest BCUT2D eigenvalue weighted by Gasteiger charge is 2.21. The largest absolute Gasteiger partial charge is 0.393 e. The fourth-order valence-corrected chi connectivity index (χ4v) is 2.19. The second-order valence-electron chi connectivity index (χ2n) is 4.42. The lowest BCUT2D eigenvalue weighted by Crippen LogP contribution is -2.28. The van der Waals surface area contributed by atoms with Gasteiger partial charge in [-0.1, -0.05) is 12.1 Å².